The molecule has 0 saturated carbocycles. The lowest BCUT2D eigenvalue weighted by molar-refractivity contribution is -0.144. The van der Waals surface area contributed by atoms with Crippen LogP contribution >= 0.6 is 12.2 Å². The van der Waals surface area contributed by atoms with Gasteiger partial charge in [0.25, 0.3) is 5.91 Å². The number of nitrogens with zero attached hydrogens (tertiary/aromatic N) is 1. The fraction of sp³-hybridized carbons (Fsp3) is 0.500. The zero-order chi connectivity index (χ0) is 21.4. The molecule has 2 rings (SSSR count). The summed E-state index contributed by atoms with van der Waals surface area (Å²) >= 11 is 5.36. The molecule has 0 aliphatic carbocycles. The summed E-state index contributed by atoms with van der Waals surface area (Å²) in [5, 5.41) is 5.43. The highest BCUT2D eigenvalue weighted by atomic mass is 32.1. The van der Waals surface area contributed by atoms with Gasteiger partial charge in [0.1, 0.15) is 11.8 Å². The summed E-state index contributed by atoms with van der Waals surface area (Å²) < 4.78 is 10.4. The third-order valence-electron chi connectivity index (χ3n) is 4.48. The first kappa shape index (κ1) is 22.6. The molecule has 8 nitrogen and oxygen atoms in total. The Bertz CT molecular complexity index is 768. The molecule has 1 saturated heterocycles. The molecular weight excluding hydrogens is 394 g/mol. The SMILES string of the molecule is COC(=O)C[C@H]1C(=O)NCCN1C(=S)NC(=O)c1ccccc1OCCC(C)C. The van der Waals surface area contributed by atoms with Gasteiger partial charge in [-0.3, -0.25) is 19.7 Å². The van der Waals surface area contributed by atoms with E-state index in [2.05, 4.69) is 29.2 Å². The maximum absolute atomic E-state index is 12.8. The molecule has 1 aromatic rings. The monoisotopic (exact) mass is 421 g/mol. The number of carbonyl (C=O) groups is 3. The average molecular weight is 422 g/mol. The molecule has 9 heteroatoms. The molecule has 1 aliphatic heterocycles. The Labute approximate surface area is 175 Å². The van der Waals surface area contributed by atoms with E-state index in [9.17, 15) is 14.4 Å². The predicted molar refractivity (Wildman–Crippen MR) is 112 cm³/mol. The second kappa shape index (κ2) is 10.8. The van der Waals surface area contributed by atoms with Crippen molar-refractivity contribution in [2.75, 3.05) is 26.8 Å². The van der Waals surface area contributed by atoms with Crippen LogP contribution in [-0.2, 0) is 14.3 Å². The summed E-state index contributed by atoms with van der Waals surface area (Å²) in [6.45, 7) is 5.43. The lowest BCUT2D eigenvalue weighted by Crippen LogP contribution is -2.60. The van der Waals surface area contributed by atoms with Gasteiger partial charge in [-0.25, -0.2) is 0 Å². The summed E-state index contributed by atoms with van der Waals surface area (Å²) in [5.74, 6) is -0.347. The molecule has 29 heavy (non-hydrogen) atoms. The molecule has 0 spiro atoms. The van der Waals surface area contributed by atoms with Gasteiger partial charge in [0.05, 0.1) is 25.7 Å². The van der Waals surface area contributed by atoms with Crippen molar-refractivity contribution in [2.24, 2.45) is 5.92 Å². The van der Waals surface area contributed by atoms with E-state index in [1.165, 1.54) is 12.0 Å². The number of benzene rings is 1. The number of amides is 2. The molecule has 0 radical (unpaired) electrons. The first-order valence-corrected chi connectivity index (χ1v) is 9.92. The number of piperazine rings is 1. The van der Waals surface area contributed by atoms with Crippen molar-refractivity contribution in [2.45, 2.75) is 32.7 Å². The zero-order valence-corrected chi connectivity index (χ0v) is 17.7. The van der Waals surface area contributed by atoms with E-state index in [4.69, 9.17) is 17.0 Å². The number of nitrogens with one attached hydrogen (secondary N) is 2. The molecule has 1 heterocycles. The van der Waals surface area contributed by atoms with Crippen molar-refractivity contribution >= 4 is 35.1 Å². The second-order valence-electron chi connectivity index (χ2n) is 7.07. The molecular formula is C20H27N3O5S. The molecule has 2 amide bonds. The number of esters is 1. The van der Waals surface area contributed by atoms with Crippen molar-refractivity contribution in [1.82, 2.24) is 15.5 Å². The Morgan fingerprint density at radius 2 is 2.07 bits per heavy atom. The van der Waals surface area contributed by atoms with Crippen molar-refractivity contribution in [3.63, 3.8) is 0 Å². The van der Waals surface area contributed by atoms with Gasteiger partial charge in [-0.15, -0.1) is 0 Å². The van der Waals surface area contributed by atoms with Gasteiger partial charge in [-0.1, -0.05) is 26.0 Å². The Kier molecular flexibility index (Phi) is 8.38. The van der Waals surface area contributed by atoms with Crippen molar-refractivity contribution in [1.29, 1.82) is 0 Å². The fourth-order valence-corrected chi connectivity index (χ4v) is 3.13. The van der Waals surface area contributed by atoms with E-state index < -0.39 is 17.9 Å². The molecule has 1 atom stereocenters. The second-order valence-corrected chi connectivity index (χ2v) is 7.45. The highest BCUT2D eigenvalue weighted by Crippen LogP contribution is 2.19. The smallest absolute Gasteiger partial charge is 0.308 e. The van der Waals surface area contributed by atoms with Gasteiger partial charge in [-0.05, 0) is 36.7 Å². The lowest BCUT2D eigenvalue weighted by atomic mass is 10.1. The summed E-state index contributed by atoms with van der Waals surface area (Å²) in [6, 6.07) is 6.08. The third-order valence-corrected chi connectivity index (χ3v) is 4.82. The van der Waals surface area contributed by atoms with Gasteiger partial charge in [0.15, 0.2) is 5.11 Å². The lowest BCUT2D eigenvalue weighted by Gasteiger charge is -2.36. The van der Waals surface area contributed by atoms with Crippen LogP contribution in [0.5, 0.6) is 5.75 Å². The van der Waals surface area contributed by atoms with Crippen LogP contribution in [0, 0.1) is 5.92 Å². The van der Waals surface area contributed by atoms with Crippen LogP contribution in [0.3, 0.4) is 0 Å². The maximum atomic E-state index is 12.8. The number of rotatable bonds is 7. The number of hydrogen-bond acceptors (Lipinski definition) is 6. The van der Waals surface area contributed by atoms with E-state index in [0.29, 0.717) is 36.9 Å². The minimum Gasteiger partial charge on any atom is -0.493 e. The number of carbonyl (C=O) groups excluding carboxylic acids is 3. The maximum Gasteiger partial charge on any atom is 0.308 e. The molecule has 1 aromatic carbocycles. The molecule has 0 aromatic heterocycles. The van der Waals surface area contributed by atoms with Gasteiger partial charge < -0.3 is 19.7 Å². The van der Waals surface area contributed by atoms with Gasteiger partial charge in [0.2, 0.25) is 5.91 Å². The zero-order valence-electron chi connectivity index (χ0n) is 16.9. The van der Waals surface area contributed by atoms with Gasteiger partial charge in [0, 0.05) is 13.1 Å². The van der Waals surface area contributed by atoms with Crippen LogP contribution in [0.4, 0.5) is 0 Å². The highest BCUT2D eigenvalue weighted by Gasteiger charge is 2.34. The first-order valence-electron chi connectivity index (χ1n) is 9.51. The summed E-state index contributed by atoms with van der Waals surface area (Å²) in [7, 11) is 1.25. The van der Waals surface area contributed by atoms with Crippen LogP contribution < -0.4 is 15.4 Å². The standard InChI is InChI=1S/C20H27N3O5S/c1-13(2)8-11-28-16-7-5-4-6-14(16)18(25)22-20(29)23-10-9-21-19(26)15(23)12-17(24)27-3/h4-7,13,15H,8-12H2,1-3H3,(H,21,26)(H,22,25,29)/t15-/m0/s1. The molecule has 1 fully saturated rings. The van der Waals surface area contributed by atoms with E-state index in [1.807, 2.05) is 0 Å². The fourth-order valence-electron chi connectivity index (χ4n) is 2.82. The van der Waals surface area contributed by atoms with E-state index in [-0.39, 0.29) is 17.4 Å². The molecule has 0 bridgehead atoms. The largest absolute Gasteiger partial charge is 0.493 e. The molecule has 0 unspecified atom stereocenters. The Balaban J connectivity index is 2.08. The number of thiocarbonyl (C=S) groups is 1. The normalized spacial score (nSPS) is 16.2. The molecule has 2 N–H and O–H groups in total. The highest BCUT2D eigenvalue weighted by molar-refractivity contribution is 7.80. The Hall–Kier alpha value is -2.68. The molecule has 158 valence electrons. The van der Waals surface area contributed by atoms with Crippen molar-refractivity contribution in [3.8, 4) is 5.75 Å². The van der Waals surface area contributed by atoms with Gasteiger partial charge >= 0.3 is 5.97 Å². The summed E-state index contributed by atoms with van der Waals surface area (Å²) in [4.78, 5) is 38.2. The Morgan fingerprint density at radius 1 is 1.34 bits per heavy atom. The number of methoxy groups -OCH3 is 1. The summed E-state index contributed by atoms with van der Waals surface area (Å²) in [5.41, 5.74) is 0.351. The van der Waals surface area contributed by atoms with Crippen LogP contribution in [0.1, 0.15) is 37.0 Å². The first-order chi connectivity index (χ1) is 13.8. The predicted octanol–water partition coefficient (Wildman–Crippen LogP) is 1.49. The van der Waals surface area contributed by atoms with Crippen LogP contribution in [-0.4, -0.2) is 60.6 Å². The molecule has 1 aliphatic rings. The van der Waals surface area contributed by atoms with Crippen molar-refractivity contribution < 1.29 is 23.9 Å². The van der Waals surface area contributed by atoms with Crippen LogP contribution in [0.15, 0.2) is 24.3 Å². The Morgan fingerprint density at radius 3 is 2.76 bits per heavy atom. The average Bonchev–Trinajstić information content (AvgIpc) is 2.69. The van der Waals surface area contributed by atoms with Gasteiger partial charge in [-0.2, -0.15) is 0 Å². The van der Waals surface area contributed by atoms with E-state index in [1.54, 1.807) is 24.3 Å². The van der Waals surface area contributed by atoms with Crippen molar-refractivity contribution in [3.05, 3.63) is 29.8 Å². The third kappa shape index (κ3) is 6.42. The van der Waals surface area contributed by atoms with Crippen LogP contribution in [0.25, 0.3) is 0 Å². The minimum atomic E-state index is -0.832. The number of para-hydroxylation sites is 1. The number of hydrogen-bond donors (Lipinski definition) is 2. The number of ether oxygens (including phenoxy) is 2. The quantitative estimate of drug-likeness (QED) is 0.509. The topological polar surface area (TPSA) is 97.0 Å². The van der Waals surface area contributed by atoms with E-state index in [0.717, 1.165) is 6.42 Å². The summed E-state index contributed by atoms with van der Waals surface area (Å²) in [6.07, 6.45) is 0.708. The minimum absolute atomic E-state index is 0.0794. The van der Waals surface area contributed by atoms with Crippen LogP contribution in [0.2, 0.25) is 0 Å². The van der Waals surface area contributed by atoms with E-state index >= 15 is 0 Å².